The third-order valence-corrected chi connectivity index (χ3v) is 10.3. The number of aromatic nitrogens is 2. The standard InChI is InChI=1S/C37H42N2O10S/c1-26-15-17-32(18-16-26)50(43,44)48-25-36(24-45-22-30-11-7-5-8-12-30)37(19-20-46-29(4)40,47-23-31-13-9-6-10-14-31)28(3)34(49-36)39-21-27(2)33(41)38-35(39)42/h5-18,21,28,34H,19-20,22-25H2,1-4H3,(H,38,41,42)/t28-,34-,36+,37?/m1/s1. The highest BCUT2D eigenvalue weighted by Crippen LogP contribution is 2.53. The Bertz CT molecular complexity index is 1980. The van der Waals surface area contributed by atoms with Gasteiger partial charge in [0.25, 0.3) is 15.7 Å². The van der Waals surface area contributed by atoms with Crippen molar-refractivity contribution in [3.63, 3.8) is 0 Å². The Morgan fingerprint density at radius 1 is 0.900 bits per heavy atom. The van der Waals surface area contributed by atoms with Crippen LogP contribution in [0.2, 0.25) is 0 Å². The highest BCUT2D eigenvalue weighted by Gasteiger charge is 2.66. The second kappa shape index (κ2) is 15.7. The maximum Gasteiger partial charge on any atom is 0.330 e. The molecule has 5 rings (SSSR count). The van der Waals surface area contributed by atoms with E-state index >= 15 is 0 Å². The van der Waals surface area contributed by atoms with Gasteiger partial charge in [-0.2, -0.15) is 8.42 Å². The largest absolute Gasteiger partial charge is 0.466 e. The molecule has 3 aromatic carbocycles. The van der Waals surface area contributed by atoms with Crippen LogP contribution in [0.25, 0.3) is 0 Å². The van der Waals surface area contributed by atoms with Crippen molar-refractivity contribution < 1.29 is 36.3 Å². The van der Waals surface area contributed by atoms with Crippen LogP contribution in [0.4, 0.5) is 0 Å². The van der Waals surface area contributed by atoms with Gasteiger partial charge in [-0.3, -0.25) is 23.3 Å². The first-order valence-electron chi connectivity index (χ1n) is 16.2. The number of ether oxygens (including phenoxy) is 4. The number of rotatable bonds is 15. The van der Waals surface area contributed by atoms with Gasteiger partial charge in [0.2, 0.25) is 0 Å². The number of aromatic amines is 1. The van der Waals surface area contributed by atoms with E-state index in [9.17, 15) is 22.8 Å². The van der Waals surface area contributed by atoms with Crippen molar-refractivity contribution in [3.05, 3.63) is 134 Å². The van der Waals surface area contributed by atoms with Crippen molar-refractivity contribution in [2.75, 3.05) is 19.8 Å². The summed E-state index contributed by atoms with van der Waals surface area (Å²) in [6.45, 7) is 5.68. The van der Waals surface area contributed by atoms with E-state index in [1.54, 1.807) is 26.0 Å². The van der Waals surface area contributed by atoms with Crippen molar-refractivity contribution in [1.82, 2.24) is 9.55 Å². The number of hydrogen-bond donors (Lipinski definition) is 1. The van der Waals surface area contributed by atoms with E-state index in [0.717, 1.165) is 16.7 Å². The number of carbonyl (C=O) groups excluding carboxylic acids is 1. The molecule has 0 amide bonds. The van der Waals surface area contributed by atoms with Crippen molar-refractivity contribution in [3.8, 4) is 0 Å². The van der Waals surface area contributed by atoms with E-state index in [0.29, 0.717) is 0 Å². The monoisotopic (exact) mass is 706 g/mol. The molecule has 12 nitrogen and oxygen atoms in total. The van der Waals surface area contributed by atoms with Gasteiger partial charge < -0.3 is 18.9 Å². The zero-order chi connectivity index (χ0) is 35.9. The molecule has 1 aliphatic heterocycles. The third-order valence-electron chi connectivity index (χ3n) is 9.02. The summed E-state index contributed by atoms with van der Waals surface area (Å²) < 4.78 is 59.9. The van der Waals surface area contributed by atoms with E-state index in [4.69, 9.17) is 23.1 Å². The van der Waals surface area contributed by atoms with Gasteiger partial charge in [0, 0.05) is 31.0 Å². The highest BCUT2D eigenvalue weighted by atomic mass is 32.2. The van der Waals surface area contributed by atoms with Crippen LogP contribution in [0, 0.1) is 19.8 Å². The lowest BCUT2D eigenvalue weighted by Crippen LogP contribution is -2.61. The lowest BCUT2D eigenvalue weighted by Gasteiger charge is -2.45. The highest BCUT2D eigenvalue weighted by molar-refractivity contribution is 7.86. The van der Waals surface area contributed by atoms with Crippen LogP contribution in [0.5, 0.6) is 0 Å². The SMILES string of the molecule is CC(=O)OCCC1(OCc2ccccc2)[C@H](C)[C@H](n2cc(C)c(=O)[nH]c2=O)O[C@@]1(COCc1ccccc1)COS(=O)(=O)c1ccc(C)cc1. The molecule has 4 atom stereocenters. The fourth-order valence-electron chi connectivity index (χ4n) is 6.28. The van der Waals surface area contributed by atoms with E-state index < -0.39 is 57.3 Å². The fourth-order valence-corrected chi connectivity index (χ4v) is 7.23. The van der Waals surface area contributed by atoms with Crippen molar-refractivity contribution in [1.29, 1.82) is 0 Å². The smallest absolute Gasteiger partial charge is 0.330 e. The molecule has 266 valence electrons. The Balaban J connectivity index is 1.65. The molecule has 2 heterocycles. The quantitative estimate of drug-likeness (QED) is 0.137. The summed E-state index contributed by atoms with van der Waals surface area (Å²) in [5.74, 6) is -1.25. The maximum absolute atomic E-state index is 13.7. The number of carbonyl (C=O) groups is 1. The van der Waals surface area contributed by atoms with E-state index in [1.807, 2.05) is 67.6 Å². The van der Waals surface area contributed by atoms with E-state index in [1.165, 1.54) is 29.8 Å². The van der Waals surface area contributed by atoms with Gasteiger partial charge in [0.15, 0.2) is 0 Å². The first kappa shape index (κ1) is 36.9. The summed E-state index contributed by atoms with van der Waals surface area (Å²) in [4.78, 5) is 40.0. The molecular weight excluding hydrogens is 664 g/mol. The number of H-pyrrole nitrogens is 1. The molecule has 1 N–H and O–H groups in total. The minimum absolute atomic E-state index is 0.0107. The van der Waals surface area contributed by atoms with Crippen LogP contribution in [-0.4, -0.2) is 55.0 Å². The topological polar surface area (TPSA) is 152 Å². The fraction of sp³-hybridized carbons (Fsp3) is 0.378. The molecule has 0 bridgehead atoms. The molecular formula is C37H42N2O10S. The molecule has 0 saturated carbocycles. The zero-order valence-electron chi connectivity index (χ0n) is 28.5. The van der Waals surface area contributed by atoms with Crippen LogP contribution >= 0.6 is 0 Å². The molecule has 4 aromatic rings. The van der Waals surface area contributed by atoms with Gasteiger partial charge in [-0.1, -0.05) is 85.3 Å². The molecule has 1 aromatic heterocycles. The van der Waals surface area contributed by atoms with Gasteiger partial charge >= 0.3 is 11.7 Å². The number of nitrogens with zero attached hydrogens (tertiary/aromatic N) is 1. The predicted octanol–water partition coefficient (Wildman–Crippen LogP) is 4.59. The minimum Gasteiger partial charge on any atom is -0.466 e. The van der Waals surface area contributed by atoms with Crippen LogP contribution in [0.3, 0.4) is 0 Å². The molecule has 1 saturated heterocycles. The summed E-state index contributed by atoms with van der Waals surface area (Å²) in [5.41, 5.74) is -1.72. The van der Waals surface area contributed by atoms with Crippen LogP contribution < -0.4 is 11.2 Å². The molecule has 1 aliphatic rings. The summed E-state index contributed by atoms with van der Waals surface area (Å²) in [6, 6.07) is 24.9. The first-order chi connectivity index (χ1) is 23.9. The van der Waals surface area contributed by atoms with Gasteiger partial charge in [-0.15, -0.1) is 0 Å². The van der Waals surface area contributed by atoms with Crippen LogP contribution in [0.1, 0.15) is 48.8 Å². The molecule has 1 fully saturated rings. The van der Waals surface area contributed by atoms with Gasteiger partial charge in [0.1, 0.15) is 24.0 Å². The summed E-state index contributed by atoms with van der Waals surface area (Å²) in [6.07, 6.45) is 0.301. The Labute approximate surface area is 291 Å². The van der Waals surface area contributed by atoms with Gasteiger partial charge in [-0.25, -0.2) is 4.79 Å². The number of benzene rings is 3. The second-order valence-corrected chi connectivity index (χ2v) is 14.1. The number of esters is 1. The molecule has 0 radical (unpaired) electrons. The van der Waals surface area contributed by atoms with Gasteiger partial charge in [-0.05, 0) is 37.1 Å². The molecule has 0 spiro atoms. The second-order valence-electron chi connectivity index (χ2n) is 12.5. The van der Waals surface area contributed by atoms with Crippen LogP contribution in [-0.2, 0) is 51.3 Å². The summed E-state index contributed by atoms with van der Waals surface area (Å²) in [7, 11) is -4.34. The van der Waals surface area contributed by atoms with Crippen molar-refractivity contribution >= 4 is 16.1 Å². The molecule has 50 heavy (non-hydrogen) atoms. The third kappa shape index (κ3) is 8.14. The summed E-state index contributed by atoms with van der Waals surface area (Å²) in [5, 5.41) is 0. The Morgan fingerprint density at radius 3 is 2.14 bits per heavy atom. The first-order valence-corrected chi connectivity index (χ1v) is 17.7. The molecule has 1 unspecified atom stereocenters. The minimum atomic E-state index is -4.34. The average Bonchev–Trinajstić information content (AvgIpc) is 3.32. The number of aryl methyl sites for hydroxylation is 2. The predicted molar refractivity (Wildman–Crippen MR) is 184 cm³/mol. The average molecular weight is 707 g/mol. The lowest BCUT2D eigenvalue weighted by molar-refractivity contribution is -0.219. The normalized spacial score (nSPS) is 22.0. The zero-order valence-corrected chi connectivity index (χ0v) is 29.3. The molecule has 13 heteroatoms. The Kier molecular flexibility index (Phi) is 11.5. The van der Waals surface area contributed by atoms with Gasteiger partial charge in [0.05, 0.1) is 31.3 Å². The Morgan fingerprint density at radius 2 is 1.52 bits per heavy atom. The molecule has 0 aliphatic carbocycles. The van der Waals surface area contributed by atoms with Crippen molar-refractivity contribution in [2.45, 2.75) is 69.7 Å². The lowest BCUT2D eigenvalue weighted by atomic mass is 9.74. The Hall–Kier alpha value is -4.40. The number of hydrogen-bond acceptors (Lipinski definition) is 10. The maximum atomic E-state index is 13.7. The van der Waals surface area contributed by atoms with E-state index in [2.05, 4.69) is 4.98 Å². The number of nitrogens with one attached hydrogen (secondary N) is 1. The summed E-state index contributed by atoms with van der Waals surface area (Å²) >= 11 is 0. The van der Waals surface area contributed by atoms with Crippen molar-refractivity contribution in [2.24, 2.45) is 5.92 Å². The van der Waals surface area contributed by atoms with Crippen LogP contribution in [0.15, 0.2) is 106 Å². The van der Waals surface area contributed by atoms with E-state index in [-0.39, 0.29) is 43.3 Å².